The number of carbonyl (C=O) groups excluding carboxylic acids is 2. The fraction of sp³-hybridized carbons (Fsp3) is 0.233. The van der Waals surface area contributed by atoms with E-state index < -0.39 is 5.97 Å². The van der Waals surface area contributed by atoms with Crippen LogP contribution in [0.25, 0.3) is 28.1 Å². The zero-order valence-electron chi connectivity index (χ0n) is 21.8. The highest BCUT2D eigenvalue weighted by Gasteiger charge is 2.30. The van der Waals surface area contributed by atoms with E-state index >= 15 is 0 Å². The monoisotopic (exact) mass is 511 g/mol. The van der Waals surface area contributed by atoms with Gasteiger partial charge in [-0.05, 0) is 67.3 Å². The van der Waals surface area contributed by atoms with E-state index in [9.17, 15) is 9.59 Å². The lowest BCUT2D eigenvalue weighted by Gasteiger charge is -2.12. The molecule has 8 nitrogen and oxygen atoms in total. The molecule has 0 radical (unpaired) electrons. The number of aromatic nitrogens is 2. The van der Waals surface area contributed by atoms with Gasteiger partial charge in [-0.25, -0.2) is 0 Å². The number of ether oxygens (including phenoxy) is 3. The normalized spacial score (nSPS) is 12.6. The topological polar surface area (TPSA) is 91.7 Å². The summed E-state index contributed by atoms with van der Waals surface area (Å²) in [6, 6.07) is 20.7. The summed E-state index contributed by atoms with van der Waals surface area (Å²) in [5, 5.41) is 7.90. The van der Waals surface area contributed by atoms with Gasteiger partial charge in [0.05, 0.1) is 25.5 Å². The quantitative estimate of drug-likeness (QED) is 0.300. The molecular weight excluding hydrogens is 482 g/mol. The molecule has 1 saturated carbocycles. The van der Waals surface area contributed by atoms with Gasteiger partial charge in [-0.3, -0.25) is 9.59 Å². The third kappa shape index (κ3) is 5.11. The van der Waals surface area contributed by atoms with E-state index in [1.165, 1.54) is 6.92 Å². The second-order valence-corrected chi connectivity index (χ2v) is 9.28. The van der Waals surface area contributed by atoms with Gasteiger partial charge in [0.1, 0.15) is 17.2 Å². The smallest absolute Gasteiger partial charge is 0.309 e. The number of aryl methyl sites for hydroxylation is 1. The average Bonchev–Trinajstić information content (AvgIpc) is 3.71. The number of methoxy groups -OCH3 is 2. The van der Waals surface area contributed by atoms with Gasteiger partial charge in [0, 0.05) is 30.2 Å². The van der Waals surface area contributed by atoms with Crippen molar-refractivity contribution in [1.82, 2.24) is 9.78 Å². The number of hydrogen-bond acceptors (Lipinski definition) is 6. The predicted octanol–water partition coefficient (Wildman–Crippen LogP) is 5.81. The summed E-state index contributed by atoms with van der Waals surface area (Å²) in [7, 11) is 3.18. The molecule has 3 aromatic carbocycles. The van der Waals surface area contributed by atoms with Crippen molar-refractivity contribution in [3.05, 3.63) is 72.3 Å². The molecule has 1 amide bonds. The van der Waals surface area contributed by atoms with E-state index in [2.05, 4.69) is 5.32 Å². The molecule has 0 saturated heterocycles. The molecule has 1 fully saturated rings. The molecular formula is C30H29N3O5. The van der Waals surface area contributed by atoms with Crippen molar-refractivity contribution in [2.45, 2.75) is 26.7 Å². The van der Waals surface area contributed by atoms with E-state index in [0.717, 1.165) is 29.7 Å². The summed E-state index contributed by atoms with van der Waals surface area (Å²) in [6.45, 7) is 3.35. The van der Waals surface area contributed by atoms with Gasteiger partial charge in [0.2, 0.25) is 11.8 Å². The largest absolute Gasteiger partial charge is 0.497 e. The molecule has 8 heteroatoms. The van der Waals surface area contributed by atoms with Gasteiger partial charge in [-0.15, -0.1) is 0 Å². The third-order valence-corrected chi connectivity index (χ3v) is 6.38. The van der Waals surface area contributed by atoms with Crippen LogP contribution < -0.4 is 19.5 Å². The van der Waals surface area contributed by atoms with Crippen molar-refractivity contribution in [3.8, 4) is 45.5 Å². The van der Waals surface area contributed by atoms with Crippen molar-refractivity contribution in [2.24, 2.45) is 5.92 Å². The summed E-state index contributed by atoms with van der Waals surface area (Å²) in [6.07, 6.45) is 1.86. The second kappa shape index (κ2) is 10.4. The van der Waals surface area contributed by atoms with Gasteiger partial charge in [-0.1, -0.05) is 24.3 Å². The van der Waals surface area contributed by atoms with Gasteiger partial charge in [-0.2, -0.15) is 9.78 Å². The highest BCUT2D eigenvalue weighted by molar-refractivity contribution is 5.95. The number of rotatable bonds is 8. The van der Waals surface area contributed by atoms with E-state index in [1.54, 1.807) is 25.0 Å². The SMILES string of the molecule is COc1ccc(-c2nn(-c3cccc(C)c3)c(OC(C)=O)c2-c2ccc(NC(=O)C3CC3)cc2)c(OC)c1. The van der Waals surface area contributed by atoms with Crippen molar-refractivity contribution in [2.75, 3.05) is 19.5 Å². The Morgan fingerprint density at radius 3 is 2.37 bits per heavy atom. The second-order valence-electron chi connectivity index (χ2n) is 9.28. The summed E-state index contributed by atoms with van der Waals surface area (Å²) in [5.74, 6) is 1.15. The molecule has 4 aromatic rings. The molecule has 194 valence electrons. The third-order valence-electron chi connectivity index (χ3n) is 6.38. The van der Waals surface area contributed by atoms with Crippen LogP contribution in [0.5, 0.6) is 17.4 Å². The van der Waals surface area contributed by atoms with Crippen LogP contribution in [0.15, 0.2) is 66.7 Å². The number of anilines is 1. The van der Waals surface area contributed by atoms with E-state index in [-0.39, 0.29) is 17.7 Å². The average molecular weight is 512 g/mol. The maximum Gasteiger partial charge on any atom is 0.309 e. The lowest BCUT2D eigenvalue weighted by atomic mass is 10.00. The van der Waals surface area contributed by atoms with E-state index in [0.29, 0.717) is 34.0 Å². The van der Waals surface area contributed by atoms with Crippen LogP contribution >= 0.6 is 0 Å². The molecule has 0 bridgehead atoms. The maximum absolute atomic E-state index is 12.3. The Balaban J connectivity index is 1.71. The lowest BCUT2D eigenvalue weighted by Crippen LogP contribution is -2.13. The Labute approximate surface area is 221 Å². The van der Waals surface area contributed by atoms with Crippen LogP contribution in [-0.4, -0.2) is 35.9 Å². The molecule has 0 atom stereocenters. The van der Waals surface area contributed by atoms with Gasteiger partial charge in [0.15, 0.2) is 0 Å². The number of carbonyl (C=O) groups is 2. The van der Waals surface area contributed by atoms with Crippen LogP contribution in [0.1, 0.15) is 25.3 Å². The van der Waals surface area contributed by atoms with E-state index in [1.807, 2.05) is 67.6 Å². The Morgan fingerprint density at radius 2 is 1.74 bits per heavy atom. The van der Waals surface area contributed by atoms with Gasteiger partial charge >= 0.3 is 5.97 Å². The molecule has 1 aliphatic carbocycles. The first-order chi connectivity index (χ1) is 18.4. The fourth-order valence-electron chi connectivity index (χ4n) is 4.32. The lowest BCUT2D eigenvalue weighted by molar-refractivity contribution is -0.132. The molecule has 1 heterocycles. The van der Waals surface area contributed by atoms with Crippen LogP contribution in [0, 0.1) is 12.8 Å². The molecule has 38 heavy (non-hydrogen) atoms. The Hall–Kier alpha value is -4.59. The number of benzene rings is 3. The first-order valence-electron chi connectivity index (χ1n) is 12.4. The minimum Gasteiger partial charge on any atom is -0.497 e. The summed E-state index contributed by atoms with van der Waals surface area (Å²) in [5.41, 5.74) is 5.13. The number of nitrogens with one attached hydrogen (secondary N) is 1. The fourth-order valence-corrected chi connectivity index (χ4v) is 4.32. The number of esters is 1. The first kappa shape index (κ1) is 25.1. The Morgan fingerprint density at radius 1 is 0.974 bits per heavy atom. The molecule has 1 aliphatic rings. The van der Waals surface area contributed by atoms with Gasteiger partial charge < -0.3 is 19.5 Å². The number of hydrogen-bond donors (Lipinski definition) is 1. The Kier molecular flexibility index (Phi) is 6.87. The molecule has 1 aromatic heterocycles. The van der Waals surface area contributed by atoms with Gasteiger partial charge in [0.25, 0.3) is 0 Å². The molecule has 0 spiro atoms. The highest BCUT2D eigenvalue weighted by Crippen LogP contribution is 2.44. The molecule has 5 rings (SSSR count). The zero-order chi connectivity index (χ0) is 26.8. The van der Waals surface area contributed by atoms with Crippen molar-refractivity contribution in [3.63, 3.8) is 0 Å². The molecule has 0 aliphatic heterocycles. The van der Waals surface area contributed by atoms with E-state index in [4.69, 9.17) is 19.3 Å². The van der Waals surface area contributed by atoms with Crippen LogP contribution in [-0.2, 0) is 9.59 Å². The zero-order valence-corrected chi connectivity index (χ0v) is 21.8. The number of nitrogens with zero attached hydrogens (tertiary/aromatic N) is 2. The minimum atomic E-state index is -0.471. The van der Waals surface area contributed by atoms with Crippen LogP contribution in [0.2, 0.25) is 0 Å². The first-order valence-corrected chi connectivity index (χ1v) is 12.4. The standard InChI is InChI=1S/C30H29N3O5/c1-18-6-5-7-23(16-18)33-30(38-19(2)34)27(20-10-12-22(13-11-20)31-29(35)21-8-9-21)28(32-33)25-15-14-24(36-3)17-26(25)37-4/h5-7,10-17,21H,8-9H2,1-4H3,(H,31,35). The van der Waals surface area contributed by atoms with Crippen molar-refractivity contribution in [1.29, 1.82) is 0 Å². The number of amides is 1. The van der Waals surface area contributed by atoms with Crippen molar-refractivity contribution >= 4 is 17.6 Å². The molecule has 0 unspecified atom stereocenters. The summed E-state index contributed by atoms with van der Waals surface area (Å²) in [4.78, 5) is 24.5. The highest BCUT2D eigenvalue weighted by atomic mass is 16.5. The summed E-state index contributed by atoms with van der Waals surface area (Å²) >= 11 is 0. The minimum absolute atomic E-state index is 0.0364. The molecule has 1 N–H and O–H groups in total. The van der Waals surface area contributed by atoms with Crippen molar-refractivity contribution < 1.29 is 23.8 Å². The summed E-state index contributed by atoms with van der Waals surface area (Å²) < 4.78 is 18.5. The van der Waals surface area contributed by atoms with Crippen LogP contribution in [0.4, 0.5) is 5.69 Å². The predicted molar refractivity (Wildman–Crippen MR) is 145 cm³/mol. The maximum atomic E-state index is 12.3. The Bertz CT molecular complexity index is 1500. The van der Waals surface area contributed by atoms with Crippen LogP contribution in [0.3, 0.4) is 0 Å².